The summed E-state index contributed by atoms with van der Waals surface area (Å²) in [5, 5.41) is 9.08. The van der Waals surface area contributed by atoms with Crippen molar-refractivity contribution in [2.24, 2.45) is 5.92 Å². The quantitative estimate of drug-likeness (QED) is 0.779. The fraction of sp³-hybridized carbons (Fsp3) is 0.350. The van der Waals surface area contributed by atoms with Crippen LogP contribution in [-0.4, -0.2) is 25.2 Å². The van der Waals surface area contributed by atoms with Crippen LogP contribution in [0.25, 0.3) is 0 Å². The number of nitrogens with one attached hydrogen (secondary N) is 3. The van der Waals surface area contributed by atoms with E-state index in [1.165, 1.54) is 17.7 Å². The Morgan fingerprint density at radius 2 is 1.88 bits per heavy atom. The molecular weight excluding hydrogens is 317 g/mol. The molecule has 1 saturated heterocycles. The molecule has 2 amide bonds. The Balaban J connectivity index is 1.43. The minimum atomic E-state index is -0.318. The molecule has 1 aliphatic heterocycles. The average molecular weight is 341 g/mol. The molecule has 1 aliphatic rings. The predicted octanol–water partition coefficient (Wildman–Crippen LogP) is 3.56. The van der Waals surface area contributed by atoms with Gasteiger partial charge < -0.3 is 16.0 Å². The van der Waals surface area contributed by atoms with Gasteiger partial charge in [0.05, 0.1) is 0 Å². The van der Waals surface area contributed by atoms with Crippen molar-refractivity contribution in [3.05, 3.63) is 66.0 Å². The Morgan fingerprint density at radius 3 is 2.64 bits per heavy atom. The molecule has 3 N–H and O–H groups in total. The van der Waals surface area contributed by atoms with Crippen LogP contribution in [0, 0.1) is 11.7 Å². The van der Waals surface area contributed by atoms with E-state index in [4.69, 9.17) is 0 Å². The number of carbonyl (C=O) groups is 1. The van der Waals surface area contributed by atoms with E-state index in [1.54, 1.807) is 12.1 Å². The van der Waals surface area contributed by atoms with Gasteiger partial charge in [0.25, 0.3) is 0 Å². The van der Waals surface area contributed by atoms with E-state index < -0.39 is 0 Å². The first-order chi connectivity index (χ1) is 12.2. The summed E-state index contributed by atoms with van der Waals surface area (Å²) < 4.78 is 12.9. The number of hydrogen-bond acceptors (Lipinski definition) is 2. The lowest BCUT2D eigenvalue weighted by Gasteiger charge is -2.30. The number of carbonyl (C=O) groups excluding carboxylic acids is 1. The van der Waals surface area contributed by atoms with Crippen LogP contribution in [0.4, 0.5) is 14.9 Å². The Hall–Kier alpha value is -2.40. The van der Waals surface area contributed by atoms with Crippen LogP contribution < -0.4 is 16.0 Å². The van der Waals surface area contributed by atoms with Crippen LogP contribution in [0.2, 0.25) is 0 Å². The van der Waals surface area contributed by atoms with Gasteiger partial charge >= 0.3 is 6.03 Å². The molecule has 0 spiro atoms. The Morgan fingerprint density at radius 1 is 1.12 bits per heavy atom. The number of anilines is 1. The van der Waals surface area contributed by atoms with Crippen molar-refractivity contribution in [1.82, 2.24) is 10.6 Å². The second kappa shape index (κ2) is 8.62. The maximum absolute atomic E-state index is 12.9. The molecule has 0 aliphatic carbocycles. The average Bonchev–Trinajstić information content (AvgIpc) is 2.63. The van der Waals surface area contributed by atoms with Crippen molar-refractivity contribution in [3.8, 4) is 0 Å². The fourth-order valence-electron chi connectivity index (χ4n) is 3.31. The summed E-state index contributed by atoms with van der Waals surface area (Å²) >= 11 is 0. The number of halogens is 1. The summed E-state index contributed by atoms with van der Waals surface area (Å²) in [5.74, 6) is 0.317. The van der Waals surface area contributed by atoms with Gasteiger partial charge in [-0.1, -0.05) is 30.3 Å². The fourth-order valence-corrected chi connectivity index (χ4v) is 3.31. The minimum Gasteiger partial charge on any atom is -0.336 e. The normalized spacial score (nSPS) is 20.0. The molecule has 4 nitrogen and oxygen atoms in total. The van der Waals surface area contributed by atoms with E-state index in [-0.39, 0.29) is 17.9 Å². The van der Waals surface area contributed by atoms with Crippen LogP contribution >= 0.6 is 0 Å². The minimum absolute atomic E-state index is 0.265. The lowest BCUT2D eigenvalue weighted by atomic mass is 9.87. The van der Waals surface area contributed by atoms with E-state index in [0.717, 1.165) is 25.8 Å². The zero-order valence-corrected chi connectivity index (χ0v) is 14.2. The first-order valence-electron chi connectivity index (χ1n) is 8.77. The highest BCUT2D eigenvalue weighted by Crippen LogP contribution is 2.21. The highest BCUT2D eigenvalue weighted by Gasteiger charge is 2.22. The Labute approximate surface area is 147 Å². The third-order valence-corrected chi connectivity index (χ3v) is 4.58. The van der Waals surface area contributed by atoms with Gasteiger partial charge in [0, 0.05) is 18.3 Å². The van der Waals surface area contributed by atoms with E-state index in [1.807, 2.05) is 6.07 Å². The smallest absolute Gasteiger partial charge is 0.319 e. The van der Waals surface area contributed by atoms with Crippen LogP contribution in [0.5, 0.6) is 0 Å². The molecule has 0 saturated carbocycles. The third kappa shape index (κ3) is 5.57. The summed E-state index contributed by atoms with van der Waals surface area (Å²) in [6.07, 6.45) is 3.29. The van der Waals surface area contributed by atoms with Gasteiger partial charge in [-0.2, -0.15) is 0 Å². The maximum atomic E-state index is 12.9. The van der Waals surface area contributed by atoms with Gasteiger partial charge in [-0.05, 0) is 61.6 Å². The summed E-state index contributed by atoms with van der Waals surface area (Å²) in [6.45, 7) is 1.56. The summed E-state index contributed by atoms with van der Waals surface area (Å²) in [5.41, 5.74) is 1.95. The van der Waals surface area contributed by atoms with Crippen molar-refractivity contribution < 1.29 is 9.18 Å². The van der Waals surface area contributed by atoms with Crippen molar-refractivity contribution >= 4 is 11.7 Å². The summed E-state index contributed by atoms with van der Waals surface area (Å²) in [7, 11) is 0. The lowest BCUT2D eigenvalue weighted by molar-refractivity contribution is 0.246. The van der Waals surface area contributed by atoms with Gasteiger partial charge in [0.1, 0.15) is 5.82 Å². The molecule has 25 heavy (non-hydrogen) atoms. The van der Waals surface area contributed by atoms with E-state index >= 15 is 0 Å². The second-order valence-electron chi connectivity index (χ2n) is 6.57. The van der Waals surface area contributed by atoms with Gasteiger partial charge in [0.15, 0.2) is 0 Å². The molecular formula is C20H24FN3O. The SMILES string of the molecule is O=C(NC[C@@H]1C[C@@H](Cc2ccccc2)CCN1)Nc1ccc(F)cc1. The van der Waals surface area contributed by atoms with Crippen molar-refractivity contribution in [2.45, 2.75) is 25.3 Å². The van der Waals surface area contributed by atoms with Crippen molar-refractivity contribution in [1.29, 1.82) is 0 Å². The number of urea groups is 1. The van der Waals surface area contributed by atoms with Gasteiger partial charge in [-0.15, -0.1) is 0 Å². The molecule has 1 heterocycles. The van der Waals surface area contributed by atoms with Crippen LogP contribution in [0.15, 0.2) is 54.6 Å². The number of amides is 2. The molecule has 5 heteroatoms. The first-order valence-corrected chi connectivity index (χ1v) is 8.77. The van der Waals surface area contributed by atoms with Gasteiger partial charge in [-0.25, -0.2) is 9.18 Å². The van der Waals surface area contributed by atoms with E-state index in [0.29, 0.717) is 18.2 Å². The number of benzene rings is 2. The number of rotatable bonds is 5. The zero-order valence-electron chi connectivity index (χ0n) is 14.2. The molecule has 0 radical (unpaired) electrons. The molecule has 2 aromatic carbocycles. The maximum Gasteiger partial charge on any atom is 0.319 e. The zero-order chi connectivity index (χ0) is 17.5. The van der Waals surface area contributed by atoms with Crippen molar-refractivity contribution in [2.75, 3.05) is 18.4 Å². The molecule has 1 fully saturated rings. The summed E-state index contributed by atoms with van der Waals surface area (Å²) in [6, 6.07) is 16.3. The molecule has 2 aromatic rings. The standard InChI is InChI=1S/C20H24FN3O/c21-17-6-8-18(9-7-17)24-20(25)23-14-19-13-16(10-11-22-19)12-15-4-2-1-3-5-15/h1-9,16,19,22H,10-14H2,(H2,23,24,25)/t16-,19+/m1/s1. The van der Waals surface area contributed by atoms with Crippen LogP contribution in [-0.2, 0) is 6.42 Å². The predicted molar refractivity (Wildman–Crippen MR) is 98.1 cm³/mol. The summed E-state index contributed by atoms with van der Waals surface area (Å²) in [4.78, 5) is 12.0. The topological polar surface area (TPSA) is 53.2 Å². The molecule has 2 atom stereocenters. The largest absolute Gasteiger partial charge is 0.336 e. The highest BCUT2D eigenvalue weighted by atomic mass is 19.1. The van der Waals surface area contributed by atoms with E-state index in [2.05, 4.69) is 40.2 Å². The van der Waals surface area contributed by atoms with E-state index in [9.17, 15) is 9.18 Å². The second-order valence-corrected chi connectivity index (χ2v) is 6.57. The third-order valence-electron chi connectivity index (χ3n) is 4.58. The van der Waals surface area contributed by atoms with Crippen molar-refractivity contribution in [3.63, 3.8) is 0 Å². The molecule has 0 bridgehead atoms. The van der Waals surface area contributed by atoms with Gasteiger partial charge in [0.2, 0.25) is 0 Å². The molecule has 3 rings (SSSR count). The van der Waals surface area contributed by atoms with Crippen LogP contribution in [0.3, 0.4) is 0 Å². The molecule has 132 valence electrons. The first kappa shape index (κ1) is 17.4. The molecule has 0 aromatic heterocycles. The molecule has 0 unspecified atom stereocenters. The Bertz CT molecular complexity index is 675. The highest BCUT2D eigenvalue weighted by molar-refractivity contribution is 5.89. The monoisotopic (exact) mass is 341 g/mol. The lowest BCUT2D eigenvalue weighted by Crippen LogP contribution is -2.47. The Kier molecular flexibility index (Phi) is 6.01. The number of hydrogen-bond donors (Lipinski definition) is 3. The van der Waals surface area contributed by atoms with Crippen LogP contribution in [0.1, 0.15) is 18.4 Å². The number of piperidine rings is 1. The van der Waals surface area contributed by atoms with Gasteiger partial charge in [-0.3, -0.25) is 0 Å².